The van der Waals surface area contributed by atoms with Crippen molar-refractivity contribution in [3.63, 3.8) is 0 Å². The van der Waals surface area contributed by atoms with Gasteiger partial charge in [0.15, 0.2) is 0 Å². The normalized spacial score (nSPS) is 7.89. The van der Waals surface area contributed by atoms with Gasteiger partial charge < -0.3 is 12.4 Å². The van der Waals surface area contributed by atoms with Crippen LogP contribution in [0.4, 0.5) is 0 Å². The van der Waals surface area contributed by atoms with E-state index >= 15 is 0 Å². The topological polar surface area (TPSA) is 0 Å². The maximum absolute atomic E-state index is 5.57. The molecule has 0 radical (unpaired) electrons. The number of hydrogen-bond acceptors (Lipinski definition) is 0. The number of rotatable bonds is 1. The van der Waals surface area contributed by atoms with E-state index in [2.05, 4.69) is 6.92 Å². The van der Waals surface area contributed by atoms with Crippen LogP contribution >= 0.6 is 22.9 Å². The summed E-state index contributed by atoms with van der Waals surface area (Å²) in [4.78, 5) is 0. The van der Waals surface area contributed by atoms with Gasteiger partial charge in [0, 0.05) is 0 Å². The molecule has 0 amide bonds. The zero-order valence-electron chi connectivity index (χ0n) is 9.90. The molecule has 0 aliphatic carbocycles. The predicted molar refractivity (Wildman–Crippen MR) is 80.2 cm³/mol. The summed E-state index contributed by atoms with van der Waals surface area (Å²) in [6, 6.07) is 19.4. The molecule has 0 bridgehead atoms. The van der Waals surface area contributed by atoms with Gasteiger partial charge in [-0.05, 0) is 5.46 Å². The molecular weight excluding hydrogens is 298 g/mol. The average molecular weight is 310 g/mol. The molecule has 0 aliphatic rings. The van der Waals surface area contributed by atoms with Crippen LogP contribution in [0.25, 0.3) is 0 Å². The third-order valence-corrected chi connectivity index (χ3v) is 2.40. The molecule has 0 spiro atoms. The quantitative estimate of drug-likeness (QED) is 0.527. The van der Waals surface area contributed by atoms with Gasteiger partial charge in [0.05, 0.1) is 0 Å². The minimum atomic E-state index is -0.397. The smallest absolute Gasteiger partial charge is 1.00 e. The summed E-state index contributed by atoms with van der Waals surface area (Å²) >= 11 is 11.1. The fraction of sp³-hybridized carbons (Fsp3) is 0. The van der Waals surface area contributed by atoms with Crippen molar-refractivity contribution in [2.45, 2.75) is 0 Å². The summed E-state index contributed by atoms with van der Waals surface area (Å²) in [5.74, 6) is 0. The molecule has 0 saturated carbocycles. The Hall–Kier alpha value is 0.0112. The monoisotopic (exact) mass is 308 g/mol. The summed E-state index contributed by atoms with van der Waals surface area (Å²) in [7, 11) is 0. The van der Waals surface area contributed by atoms with Crippen molar-refractivity contribution in [1.82, 2.24) is 0 Å². The van der Waals surface area contributed by atoms with E-state index in [9.17, 15) is 0 Å². The number of benzene rings is 2. The maximum atomic E-state index is 5.57. The van der Waals surface area contributed by atoms with Gasteiger partial charge in [-0.25, -0.2) is 0 Å². The molecule has 0 saturated heterocycles. The maximum Gasteiger partial charge on any atom is 2.00 e. The number of halogens is 3. The van der Waals surface area contributed by atoms with Gasteiger partial charge in [0.1, 0.15) is 0 Å². The van der Waals surface area contributed by atoms with E-state index in [-0.39, 0.29) is 35.5 Å². The Bertz CT molecular complexity index is 395. The fourth-order valence-electron chi connectivity index (χ4n) is 1.08. The molecule has 2 aromatic carbocycles. The van der Waals surface area contributed by atoms with E-state index in [0.717, 1.165) is 11.0 Å². The SMILES string of the molecule is ClB(Cl)c1ccccc1.[CH2-]c1ccccc1.[Cl-].[Mg+2]. The first-order chi connectivity index (χ1) is 7.70. The Morgan fingerprint density at radius 3 is 1.39 bits per heavy atom. The Balaban J connectivity index is 0. The van der Waals surface area contributed by atoms with E-state index in [1.165, 1.54) is 0 Å². The van der Waals surface area contributed by atoms with Crippen LogP contribution in [-0.2, 0) is 0 Å². The zero-order valence-corrected chi connectivity index (χ0v) is 13.6. The third kappa shape index (κ3) is 9.01. The van der Waals surface area contributed by atoms with Crippen LogP contribution in [0, 0.1) is 6.92 Å². The molecule has 0 nitrogen and oxygen atoms in total. The molecule has 2 rings (SSSR count). The predicted octanol–water partition coefficient (Wildman–Crippen LogP) is 0.351. The molecule has 0 aliphatic heterocycles. The van der Waals surface area contributed by atoms with Crippen molar-refractivity contribution in [2.75, 3.05) is 0 Å². The van der Waals surface area contributed by atoms with Crippen molar-refractivity contribution < 1.29 is 12.4 Å². The standard InChI is InChI=1S/C7H7.C6H5BCl2.ClH.Mg/c1-7-5-3-2-4-6-7;8-7(9)6-4-2-1-3-5-6;;/h2-6H,1H2;1-5H;1H;/q-1;;;+2/p-1. The fourth-order valence-corrected chi connectivity index (χ4v) is 1.37. The van der Waals surface area contributed by atoms with Gasteiger partial charge in [-0.1, -0.05) is 36.4 Å². The Morgan fingerprint density at radius 1 is 0.778 bits per heavy atom. The third-order valence-electron chi connectivity index (χ3n) is 1.89. The summed E-state index contributed by atoms with van der Waals surface area (Å²) in [5, 5.41) is 0. The first kappa shape index (κ1) is 20.3. The van der Waals surface area contributed by atoms with E-state index in [4.69, 9.17) is 22.9 Å². The largest absolute Gasteiger partial charge is 2.00 e. The molecule has 0 fully saturated rings. The van der Waals surface area contributed by atoms with Gasteiger partial charge in [-0.15, -0.1) is 12.1 Å². The summed E-state index contributed by atoms with van der Waals surface area (Å²) in [6.45, 7) is 3.72. The summed E-state index contributed by atoms with van der Waals surface area (Å²) in [5.41, 5.74) is 1.62. The first-order valence-electron chi connectivity index (χ1n) is 4.90. The second kappa shape index (κ2) is 12.1. The Labute approximate surface area is 142 Å². The molecule has 0 unspecified atom stereocenters. The second-order valence-corrected chi connectivity index (χ2v) is 4.29. The second-order valence-electron chi connectivity index (χ2n) is 3.20. The van der Waals surface area contributed by atoms with Crippen molar-refractivity contribution in [3.8, 4) is 0 Å². The van der Waals surface area contributed by atoms with E-state index in [1.807, 2.05) is 60.7 Å². The van der Waals surface area contributed by atoms with Gasteiger partial charge in [0.2, 0.25) is 0 Å². The van der Waals surface area contributed by atoms with Crippen LogP contribution < -0.4 is 17.9 Å². The van der Waals surface area contributed by atoms with Crippen molar-refractivity contribution in [3.05, 3.63) is 73.2 Å². The molecule has 0 heterocycles. The molecule has 0 N–H and O–H groups in total. The molecule has 2 aromatic rings. The van der Waals surface area contributed by atoms with Gasteiger partial charge in [-0.3, -0.25) is 0 Å². The molecule has 90 valence electrons. The van der Waals surface area contributed by atoms with Gasteiger partial charge in [-0.2, -0.15) is 47.5 Å². The molecule has 0 atom stereocenters. The summed E-state index contributed by atoms with van der Waals surface area (Å²) < 4.78 is 0. The number of hydrogen-bond donors (Lipinski definition) is 0. The first-order valence-corrected chi connectivity index (χ1v) is 5.77. The molecule has 0 aromatic heterocycles. The van der Waals surface area contributed by atoms with Crippen molar-refractivity contribution in [1.29, 1.82) is 0 Å². The van der Waals surface area contributed by atoms with Crippen LogP contribution in [0.2, 0.25) is 0 Å². The van der Waals surface area contributed by atoms with E-state index in [1.54, 1.807) is 0 Å². The molecule has 18 heavy (non-hydrogen) atoms. The average Bonchev–Trinajstić information content (AvgIpc) is 2.32. The van der Waals surface area contributed by atoms with E-state index in [0.29, 0.717) is 0 Å². The van der Waals surface area contributed by atoms with E-state index < -0.39 is 5.54 Å². The Morgan fingerprint density at radius 2 is 1.17 bits per heavy atom. The molecular formula is C13H12BCl3Mg. The minimum absolute atomic E-state index is 0. The van der Waals surface area contributed by atoms with Gasteiger partial charge in [0.25, 0.3) is 0 Å². The van der Waals surface area contributed by atoms with Crippen LogP contribution in [0.1, 0.15) is 5.56 Å². The van der Waals surface area contributed by atoms with Gasteiger partial charge >= 0.3 is 28.6 Å². The minimum Gasteiger partial charge on any atom is -1.00 e. The van der Waals surface area contributed by atoms with Crippen LogP contribution in [0.15, 0.2) is 60.7 Å². The van der Waals surface area contributed by atoms with Crippen molar-refractivity contribution >= 4 is 57.0 Å². The van der Waals surface area contributed by atoms with Crippen LogP contribution in [-0.4, -0.2) is 28.6 Å². The van der Waals surface area contributed by atoms with Crippen LogP contribution in [0.3, 0.4) is 0 Å². The van der Waals surface area contributed by atoms with Crippen molar-refractivity contribution in [2.24, 2.45) is 0 Å². The zero-order chi connectivity index (χ0) is 11.8. The molecule has 5 heteroatoms. The summed E-state index contributed by atoms with van der Waals surface area (Å²) in [6.07, 6.45) is 0. The van der Waals surface area contributed by atoms with Crippen LogP contribution in [0.5, 0.6) is 0 Å². The Kier molecular flexibility index (Phi) is 13.6.